The van der Waals surface area contributed by atoms with Crippen LogP contribution in [0.15, 0.2) is 12.3 Å². The number of rotatable bonds is 1. The third kappa shape index (κ3) is 2.00. The van der Waals surface area contributed by atoms with Crippen molar-refractivity contribution < 1.29 is 0 Å². The molecule has 0 spiro atoms. The number of nitrogens with zero attached hydrogens (tertiary/aromatic N) is 2. The number of thiol groups is 1. The summed E-state index contributed by atoms with van der Waals surface area (Å²) >= 11 is 8.58. The van der Waals surface area contributed by atoms with E-state index in [1.165, 1.54) is 0 Å². The first kappa shape index (κ1) is 7.56. The molecule has 0 saturated carbocycles. The molecule has 1 rings (SSSR count). The molecule has 0 amide bonds. The van der Waals surface area contributed by atoms with Crippen LogP contribution in [-0.2, 0) is 7.05 Å². The lowest BCUT2D eigenvalue weighted by Crippen LogP contribution is -2.01. The number of thiocarbonyl (C=S) groups is 1. The van der Waals surface area contributed by atoms with E-state index >= 15 is 0 Å². The molecule has 1 aromatic rings. The maximum Gasteiger partial charge on any atom is 0.153 e. The zero-order chi connectivity index (χ0) is 7.56. The molecule has 1 aromatic heterocycles. The minimum atomic E-state index is 0.429. The average Bonchev–Trinajstić information content (AvgIpc) is 2.13. The third-order valence-corrected chi connectivity index (χ3v) is 1.16. The van der Waals surface area contributed by atoms with E-state index in [4.69, 9.17) is 12.2 Å². The van der Waals surface area contributed by atoms with Gasteiger partial charge in [-0.25, -0.2) is 0 Å². The van der Waals surface area contributed by atoms with Gasteiger partial charge in [0.2, 0.25) is 0 Å². The second-order valence-electron chi connectivity index (χ2n) is 1.80. The van der Waals surface area contributed by atoms with E-state index < -0.39 is 0 Å². The third-order valence-electron chi connectivity index (χ3n) is 0.949. The lowest BCUT2D eigenvalue weighted by molar-refractivity contribution is 0.772. The largest absolute Gasteiger partial charge is 0.325 e. The van der Waals surface area contributed by atoms with E-state index in [0.717, 1.165) is 5.82 Å². The standard InChI is InChI=1S/C5H7N3S2/c1-8-3-2-4(7-8)6-5(9)10/h2-3H,1H3,(H2,6,7,9,10). The molecule has 1 heterocycles. The molecule has 0 bridgehead atoms. The van der Waals surface area contributed by atoms with Gasteiger partial charge in [-0.2, -0.15) is 5.10 Å². The number of hydrogen-bond acceptors (Lipinski definition) is 2. The molecule has 0 radical (unpaired) electrons. The van der Waals surface area contributed by atoms with Gasteiger partial charge in [-0.15, -0.1) is 12.6 Å². The van der Waals surface area contributed by atoms with Gasteiger partial charge in [0, 0.05) is 19.3 Å². The molecule has 5 heteroatoms. The normalized spacial score (nSPS) is 9.40. The van der Waals surface area contributed by atoms with Gasteiger partial charge in [0.05, 0.1) is 0 Å². The average molecular weight is 173 g/mol. The SMILES string of the molecule is Cn1ccc(NC(=S)S)n1. The van der Waals surface area contributed by atoms with Crippen molar-refractivity contribution in [2.24, 2.45) is 7.05 Å². The minimum Gasteiger partial charge on any atom is -0.325 e. The Hall–Kier alpha value is -0.550. The Labute approximate surface area is 69.8 Å². The van der Waals surface area contributed by atoms with Crippen LogP contribution >= 0.6 is 24.8 Å². The minimum absolute atomic E-state index is 0.429. The van der Waals surface area contributed by atoms with Gasteiger partial charge < -0.3 is 5.32 Å². The van der Waals surface area contributed by atoms with Crippen LogP contribution in [0.3, 0.4) is 0 Å². The molecule has 0 fully saturated rings. The Morgan fingerprint density at radius 2 is 2.60 bits per heavy atom. The van der Waals surface area contributed by atoms with Crippen molar-refractivity contribution in [2.45, 2.75) is 0 Å². The molecular formula is C5H7N3S2. The first-order valence-corrected chi connectivity index (χ1v) is 3.53. The first-order chi connectivity index (χ1) is 4.68. The van der Waals surface area contributed by atoms with E-state index in [1.807, 2.05) is 19.3 Å². The van der Waals surface area contributed by atoms with Crippen LogP contribution in [0.5, 0.6) is 0 Å². The van der Waals surface area contributed by atoms with Gasteiger partial charge in [0.15, 0.2) is 5.82 Å². The topological polar surface area (TPSA) is 29.9 Å². The fourth-order valence-corrected chi connectivity index (χ4v) is 0.810. The maximum absolute atomic E-state index is 4.69. The molecule has 0 saturated heterocycles. The summed E-state index contributed by atoms with van der Waals surface area (Å²) in [5.74, 6) is 0.725. The fraction of sp³-hybridized carbons (Fsp3) is 0.200. The van der Waals surface area contributed by atoms with Crippen molar-refractivity contribution >= 4 is 35.0 Å². The summed E-state index contributed by atoms with van der Waals surface area (Å²) in [6, 6.07) is 1.82. The monoisotopic (exact) mass is 173 g/mol. The highest BCUT2D eigenvalue weighted by atomic mass is 32.1. The summed E-state index contributed by atoms with van der Waals surface area (Å²) in [4.78, 5) is 0. The summed E-state index contributed by atoms with van der Waals surface area (Å²) in [7, 11) is 1.84. The molecule has 0 aromatic carbocycles. The Morgan fingerprint density at radius 3 is 3.00 bits per heavy atom. The predicted octanol–water partition coefficient (Wildman–Crippen LogP) is 1.05. The summed E-state index contributed by atoms with van der Waals surface area (Å²) in [6.07, 6.45) is 1.83. The van der Waals surface area contributed by atoms with E-state index in [2.05, 4.69) is 23.0 Å². The van der Waals surface area contributed by atoms with Crippen LogP contribution in [-0.4, -0.2) is 14.1 Å². The molecule has 3 nitrogen and oxygen atoms in total. The van der Waals surface area contributed by atoms with Crippen molar-refractivity contribution in [2.75, 3.05) is 5.32 Å². The van der Waals surface area contributed by atoms with Gasteiger partial charge in [-0.1, -0.05) is 12.2 Å². The van der Waals surface area contributed by atoms with Crippen LogP contribution in [0.25, 0.3) is 0 Å². The number of hydrogen-bond donors (Lipinski definition) is 2. The van der Waals surface area contributed by atoms with Gasteiger partial charge in [-0.3, -0.25) is 4.68 Å². The van der Waals surface area contributed by atoms with Crippen LogP contribution < -0.4 is 5.32 Å². The quantitative estimate of drug-likeness (QED) is 0.491. The lowest BCUT2D eigenvalue weighted by Gasteiger charge is -1.94. The summed E-state index contributed by atoms with van der Waals surface area (Å²) in [5, 5.41) is 6.81. The van der Waals surface area contributed by atoms with Crippen molar-refractivity contribution in [1.29, 1.82) is 0 Å². The highest BCUT2D eigenvalue weighted by Gasteiger charge is 1.94. The number of aromatic nitrogens is 2. The number of nitrogens with one attached hydrogen (secondary N) is 1. The first-order valence-electron chi connectivity index (χ1n) is 2.68. The summed E-state index contributed by atoms with van der Waals surface area (Å²) < 4.78 is 2.12. The van der Waals surface area contributed by atoms with E-state index in [0.29, 0.717) is 4.32 Å². The molecule has 10 heavy (non-hydrogen) atoms. The highest BCUT2D eigenvalue weighted by Crippen LogP contribution is 2.01. The highest BCUT2D eigenvalue weighted by molar-refractivity contribution is 8.11. The van der Waals surface area contributed by atoms with Gasteiger partial charge in [0.25, 0.3) is 0 Å². The summed E-state index contributed by atoms with van der Waals surface area (Å²) in [5.41, 5.74) is 0. The number of aryl methyl sites for hydroxylation is 1. The van der Waals surface area contributed by atoms with Gasteiger partial charge in [0.1, 0.15) is 4.32 Å². The summed E-state index contributed by atoms with van der Waals surface area (Å²) in [6.45, 7) is 0. The van der Waals surface area contributed by atoms with E-state index in [-0.39, 0.29) is 0 Å². The molecule has 0 aliphatic heterocycles. The predicted molar refractivity (Wildman–Crippen MR) is 48.4 cm³/mol. The van der Waals surface area contributed by atoms with Crippen molar-refractivity contribution in [3.05, 3.63) is 12.3 Å². The van der Waals surface area contributed by atoms with Crippen molar-refractivity contribution in [3.8, 4) is 0 Å². The second-order valence-corrected chi connectivity index (χ2v) is 2.96. The molecule has 0 atom stereocenters. The van der Waals surface area contributed by atoms with Crippen LogP contribution in [0.4, 0.5) is 5.82 Å². The Morgan fingerprint density at radius 1 is 1.90 bits per heavy atom. The zero-order valence-electron chi connectivity index (χ0n) is 5.40. The van der Waals surface area contributed by atoms with E-state index in [9.17, 15) is 0 Å². The smallest absolute Gasteiger partial charge is 0.153 e. The van der Waals surface area contributed by atoms with Crippen LogP contribution in [0.2, 0.25) is 0 Å². The van der Waals surface area contributed by atoms with Gasteiger partial charge in [-0.05, 0) is 0 Å². The van der Waals surface area contributed by atoms with Crippen LogP contribution in [0.1, 0.15) is 0 Å². The maximum atomic E-state index is 4.69. The van der Waals surface area contributed by atoms with Crippen LogP contribution in [0, 0.1) is 0 Å². The fourth-order valence-electron chi connectivity index (χ4n) is 0.591. The van der Waals surface area contributed by atoms with E-state index in [1.54, 1.807) is 4.68 Å². The van der Waals surface area contributed by atoms with Crippen molar-refractivity contribution in [3.63, 3.8) is 0 Å². The molecule has 0 unspecified atom stereocenters. The molecule has 0 aliphatic carbocycles. The zero-order valence-corrected chi connectivity index (χ0v) is 7.12. The second kappa shape index (κ2) is 3.03. The van der Waals surface area contributed by atoms with Gasteiger partial charge >= 0.3 is 0 Å². The lowest BCUT2D eigenvalue weighted by atomic mass is 10.6. The number of anilines is 1. The molecule has 0 aliphatic rings. The van der Waals surface area contributed by atoms with Crippen molar-refractivity contribution in [1.82, 2.24) is 9.78 Å². The molecular weight excluding hydrogens is 166 g/mol. The Balaban J connectivity index is 2.67. The Kier molecular flexibility index (Phi) is 2.29. The molecule has 54 valence electrons. The molecule has 1 N–H and O–H groups in total. The Bertz CT molecular complexity index is 243.